The van der Waals surface area contributed by atoms with Crippen LogP contribution in [0.5, 0.6) is 11.5 Å². The van der Waals surface area contributed by atoms with E-state index in [0.29, 0.717) is 29.3 Å². The number of anilines is 1. The smallest absolute Gasteiger partial charge is 0.265 e. The summed E-state index contributed by atoms with van der Waals surface area (Å²) in [4.78, 5) is 24.6. The van der Waals surface area contributed by atoms with Crippen LogP contribution in [0.3, 0.4) is 0 Å². The van der Waals surface area contributed by atoms with Gasteiger partial charge >= 0.3 is 0 Å². The first-order chi connectivity index (χ1) is 9.21. The zero-order chi connectivity index (χ0) is 13.8. The van der Waals surface area contributed by atoms with Crippen LogP contribution in [0, 0.1) is 0 Å². The molecular weight excluding hydrogens is 246 g/mol. The van der Waals surface area contributed by atoms with Crippen molar-refractivity contribution in [1.82, 2.24) is 0 Å². The molecule has 0 unspecified atom stereocenters. The van der Waals surface area contributed by atoms with Crippen molar-refractivity contribution in [2.24, 2.45) is 0 Å². The largest absolute Gasteiger partial charge is 0.493 e. The number of carbonyl (C=O) groups is 2. The Morgan fingerprint density at radius 3 is 2.89 bits per heavy atom. The van der Waals surface area contributed by atoms with Gasteiger partial charge < -0.3 is 14.4 Å². The van der Waals surface area contributed by atoms with Crippen LogP contribution >= 0.6 is 0 Å². The molecule has 1 amide bonds. The summed E-state index contributed by atoms with van der Waals surface area (Å²) >= 11 is 0. The van der Waals surface area contributed by atoms with Gasteiger partial charge in [0.2, 0.25) is 0 Å². The summed E-state index contributed by atoms with van der Waals surface area (Å²) in [7, 11) is 1.51. The molecule has 1 heterocycles. The van der Waals surface area contributed by atoms with Gasteiger partial charge in [-0.15, -0.1) is 0 Å². The van der Waals surface area contributed by atoms with Crippen LogP contribution in [0.25, 0.3) is 0 Å². The van der Waals surface area contributed by atoms with Crippen molar-refractivity contribution in [3.63, 3.8) is 0 Å². The van der Waals surface area contributed by atoms with Gasteiger partial charge in [-0.1, -0.05) is 13.3 Å². The Kier molecular flexibility index (Phi) is 4.04. The monoisotopic (exact) mass is 263 g/mol. The number of ether oxygens (including phenoxy) is 2. The lowest BCUT2D eigenvalue weighted by molar-refractivity contribution is -0.121. The molecule has 1 aromatic carbocycles. The Balaban J connectivity index is 2.46. The van der Waals surface area contributed by atoms with Crippen LogP contribution in [0.1, 0.15) is 30.1 Å². The summed E-state index contributed by atoms with van der Waals surface area (Å²) in [5.41, 5.74) is 1.08. The van der Waals surface area contributed by atoms with Gasteiger partial charge in [-0.05, 0) is 18.6 Å². The van der Waals surface area contributed by atoms with Crippen molar-refractivity contribution in [1.29, 1.82) is 0 Å². The molecule has 0 N–H and O–H groups in total. The van der Waals surface area contributed by atoms with E-state index in [0.717, 1.165) is 19.1 Å². The van der Waals surface area contributed by atoms with Crippen molar-refractivity contribution in [2.75, 3.05) is 25.2 Å². The molecule has 0 saturated carbocycles. The number of hydrogen-bond acceptors (Lipinski definition) is 4. The molecule has 0 aromatic heterocycles. The van der Waals surface area contributed by atoms with E-state index >= 15 is 0 Å². The number of methoxy groups -OCH3 is 1. The van der Waals surface area contributed by atoms with Crippen molar-refractivity contribution < 1.29 is 19.1 Å². The average molecular weight is 263 g/mol. The Bertz CT molecular complexity index is 498. The summed E-state index contributed by atoms with van der Waals surface area (Å²) < 4.78 is 10.7. The highest BCUT2D eigenvalue weighted by molar-refractivity contribution is 5.99. The summed E-state index contributed by atoms with van der Waals surface area (Å²) in [6.45, 7) is 2.69. The maximum absolute atomic E-state index is 11.9. The summed E-state index contributed by atoms with van der Waals surface area (Å²) in [6, 6.07) is 3.28. The Morgan fingerprint density at radius 2 is 2.26 bits per heavy atom. The first-order valence-corrected chi connectivity index (χ1v) is 6.31. The minimum atomic E-state index is -0.0916. The molecule has 1 aliphatic rings. The first kappa shape index (κ1) is 13.4. The Labute approximate surface area is 112 Å². The minimum absolute atomic E-state index is 0.00745. The molecule has 0 aliphatic carbocycles. The number of amides is 1. The van der Waals surface area contributed by atoms with Crippen molar-refractivity contribution >= 4 is 17.9 Å². The standard InChI is InChI=1S/C14H17NO4/c1-3-4-5-15-11-6-10(8-16)7-12(18-2)14(11)19-9-13(15)17/h6-8H,3-5,9H2,1-2H3. The number of unbranched alkanes of at least 4 members (excludes halogenated alkanes) is 1. The molecule has 5 heteroatoms. The maximum Gasteiger partial charge on any atom is 0.265 e. The number of benzene rings is 1. The normalized spacial score (nSPS) is 13.8. The van der Waals surface area contributed by atoms with E-state index in [1.807, 2.05) is 0 Å². The number of fused-ring (bicyclic) bond motifs is 1. The predicted octanol–water partition coefficient (Wildman–Crippen LogP) is 2.03. The lowest BCUT2D eigenvalue weighted by atomic mass is 10.1. The molecule has 102 valence electrons. The summed E-state index contributed by atoms with van der Waals surface area (Å²) in [5.74, 6) is 0.920. The molecule has 1 aliphatic heterocycles. The molecule has 0 atom stereocenters. The zero-order valence-corrected chi connectivity index (χ0v) is 11.1. The van der Waals surface area contributed by atoms with E-state index in [1.165, 1.54) is 7.11 Å². The number of nitrogens with zero attached hydrogens (tertiary/aromatic N) is 1. The van der Waals surface area contributed by atoms with Crippen LogP contribution in [-0.2, 0) is 4.79 Å². The van der Waals surface area contributed by atoms with E-state index in [4.69, 9.17) is 9.47 Å². The molecule has 19 heavy (non-hydrogen) atoms. The second kappa shape index (κ2) is 5.73. The highest BCUT2D eigenvalue weighted by Gasteiger charge is 2.28. The minimum Gasteiger partial charge on any atom is -0.493 e. The molecule has 0 saturated heterocycles. The Morgan fingerprint density at radius 1 is 1.47 bits per heavy atom. The number of aldehydes is 1. The molecule has 0 bridgehead atoms. The van der Waals surface area contributed by atoms with Gasteiger partial charge in [0, 0.05) is 12.1 Å². The van der Waals surface area contributed by atoms with Gasteiger partial charge in [-0.2, -0.15) is 0 Å². The molecule has 0 fully saturated rings. The third-order valence-corrected chi connectivity index (χ3v) is 3.08. The van der Waals surface area contributed by atoms with Crippen molar-refractivity contribution in [3.8, 4) is 11.5 Å². The molecule has 1 aromatic rings. The Hall–Kier alpha value is -2.04. The van der Waals surface area contributed by atoms with Crippen LogP contribution in [0.2, 0.25) is 0 Å². The number of carbonyl (C=O) groups excluding carboxylic acids is 2. The first-order valence-electron chi connectivity index (χ1n) is 6.31. The lowest BCUT2D eigenvalue weighted by Crippen LogP contribution is -2.39. The fraction of sp³-hybridized carbons (Fsp3) is 0.429. The topological polar surface area (TPSA) is 55.8 Å². The van der Waals surface area contributed by atoms with Crippen LogP contribution in [-0.4, -0.2) is 32.5 Å². The maximum atomic E-state index is 11.9. The van der Waals surface area contributed by atoms with Gasteiger partial charge in [0.1, 0.15) is 6.29 Å². The second-order valence-electron chi connectivity index (χ2n) is 4.38. The van der Waals surface area contributed by atoms with Gasteiger partial charge in [-0.3, -0.25) is 9.59 Å². The van der Waals surface area contributed by atoms with Gasteiger partial charge in [-0.25, -0.2) is 0 Å². The fourth-order valence-corrected chi connectivity index (χ4v) is 2.08. The summed E-state index contributed by atoms with van der Waals surface area (Å²) in [5, 5.41) is 0. The lowest BCUT2D eigenvalue weighted by Gasteiger charge is -2.30. The van der Waals surface area contributed by atoms with E-state index in [2.05, 4.69) is 6.92 Å². The van der Waals surface area contributed by atoms with Crippen LogP contribution in [0.4, 0.5) is 5.69 Å². The highest BCUT2D eigenvalue weighted by Crippen LogP contribution is 2.41. The predicted molar refractivity (Wildman–Crippen MR) is 71.1 cm³/mol. The molecule has 0 spiro atoms. The van der Waals surface area contributed by atoms with E-state index in [9.17, 15) is 9.59 Å². The molecule has 0 radical (unpaired) electrons. The van der Waals surface area contributed by atoms with E-state index < -0.39 is 0 Å². The SMILES string of the molecule is CCCCN1C(=O)COc2c(OC)cc(C=O)cc21. The van der Waals surface area contributed by atoms with Gasteiger partial charge in [0.05, 0.1) is 12.8 Å². The zero-order valence-electron chi connectivity index (χ0n) is 11.1. The molecule has 5 nitrogen and oxygen atoms in total. The van der Waals surface area contributed by atoms with Gasteiger partial charge in [0.25, 0.3) is 5.91 Å². The third kappa shape index (κ3) is 2.54. The number of hydrogen-bond donors (Lipinski definition) is 0. The second-order valence-corrected chi connectivity index (χ2v) is 4.38. The average Bonchev–Trinajstić information content (AvgIpc) is 2.44. The highest BCUT2D eigenvalue weighted by atomic mass is 16.5. The summed E-state index contributed by atoms with van der Waals surface area (Å²) in [6.07, 6.45) is 2.63. The quantitative estimate of drug-likeness (QED) is 0.763. The van der Waals surface area contributed by atoms with Gasteiger partial charge in [0.15, 0.2) is 18.1 Å². The van der Waals surface area contributed by atoms with Crippen molar-refractivity contribution in [3.05, 3.63) is 17.7 Å². The fourth-order valence-electron chi connectivity index (χ4n) is 2.08. The molecule has 2 rings (SSSR count). The van der Waals surface area contributed by atoms with Crippen LogP contribution in [0.15, 0.2) is 12.1 Å². The molecular formula is C14H17NO4. The van der Waals surface area contributed by atoms with Crippen molar-refractivity contribution in [2.45, 2.75) is 19.8 Å². The van der Waals surface area contributed by atoms with E-state index in [1.54, 1.807) is 17.0 Å². The van der Waals surface area contributed by atoms with E-state index in [-0.39, 0.29) is 12.5 Å². The van der Waals surface area contributed by atoms with Crippen LogP contribution < -0.4 is 14.4 Å². The third-order valence-electron chi connectivity index (χ3n) is 3.08. The number of rotatable bonds is 5.